The molecule has 1 aliphatic heterocycles. The van der Waals surface area contributed by atoms with Crippen molar-refractivity contribution >= 4 is 5.71 Å². The maximum Gasteiger partial charge on any atom is 0.161 e. The summed E-state index contributed by atoms with van der Waals surface area (Å²) in [4.78, 5) is 7.92. The molecule has 2 atom stereocenters. The van der Waals surface area contributed by atoms with Gasteiger partial charge in [-0.05, 0) is 57.0 Å². The number of likely N-dealkylation sites (tertiary alicyclic amines) is 1. The molecule has 1 heterocycles. The van der Waals surface area contributed by atoms with Gasteiger partial charge < -0.3 is 19.2 Å². The standard InChI is InChI=1S/C20H30N2O3/c1-5-12-25-21-16-8-9-20(10-11-22(2)19(20)14-16)15-6-7-17(23-3)18(13-15)24-4/h6-7,13,19H,5,8-12,14H2,1-4H3/t19-,20-/m0/s1. The summed E-state index contributed by atoms with van der Waals surface area (Å²) in [7, 11) is 5.61. The van der Waals surface area contributed by atoms with Crippen LogP contribution in [-0.4, -0.2) is 51.1 Å². The van der Waals surface area contributed by atoms with E-state index in [0.29, 0.717) is 12.6 Å². The molecule has 0 N–H and O–H groups in total. The van der Waals surface area contributed by atoms with Crippen LogP contribution in [0.4, 0.5) is 0 Å². The van der Waals surface area contributed by atoms with E-state index < -0.39 is 0 Å². The summed E-state index contributed by atoms with van der Waals surface area (Å²) in [5, 5.41) is 4.40. The van der Waals surface area contributed by atoms with E-state index in [1.54, 1.807) is 14.2 Å². The van der Waals surface area contributed by atoms with Gasteiger partial charge in [-0.1, -0.05) is 18.1 Å². The zero-order valence-corrected chi connectivity index (χ0v) is 15.9. The van der Waals surface area contributed by atoms with Gasteiger partial charge in [0.25, 0.3) is 0 Å². The maximum atomic E-state index is 5.54. The first-order valence-corrected chi connectivity index (χ1v) is 9.25. The Morgan fingerprint density at radius 2 is 2.00 bits per heavy atom. The lowest BCUT2D eigenvalue weighted by molar-refractivity contribution is 0.139. The van der Waals surface area contributed by atoms with Crippen LogP contribution in [-0.2, 0) is 10.3 Å². The Balaban J connectivity index is 1.88. The van der Waals surface area contributed by atoms with Gasteiger partial charge in [-0.25, -0.2) is 0 Å². The van der Waals surface area contributed by atoms with E-state index in [4.69, 9.17) is 14.3 Å². The van der Waals surface area contributed by atoms with Crippen molar-refractivity contribution in [3.8, 4) is 11.5 Å². The average molecular weight is 346 g/mol. The molecule has 1 aromatic carbocycles. The molecule has 0 radical (unpaired) electrons. The van der Waals surface area contributed by atoms with E-state index in [9.17, 15) is 0 Å². The first-order valence-electron chi connectivity index (χ1n) is 9.25. The molecule has 2 fully saturated rings. The van der Waals surface area contributed by atoms with Gasteiger partial charge in [0.2, 0.25) is 0 Å². The van der Waals surface area contributed by atoms with Gasteiger partial charge in [0.05, 0.1) is 19.9 Å². The predicted molar refractivity (Wildman–Crippen MR) is 99.8 cm³/mol. The first kappa shape index (κ1) is 18.1. The van der Waals surface area contributed by atoms with Crippen LogP contribution in [0.15, 0.2) is 23.4 Å². The number of fused-ring (bicyclic) bond motifs is 1. The van der Waals surface area contributed by atoms with Crippen molar-refractivity contribution < 1.29 is 14.3 Å². The van der Waals surface area contributed by atoms with Gasteiger partial charge in [0.1, 0.15) is 6.61 Å². The summed E-state index contributed by atoms with van der Waals surface area (Å²) in [5.41, 5.74) is 2.72. The topological polar surface area (TPSA) is 43.3 Å². The third-order valence-corrected chi connectivity index (χ3v) is 5.82. The zero-order valence-electron chi connectivity index (χ0n) is 15.9. The number of nitrogens with zero attached hydrogens (tertiary/aromatic N) is 2. The summed E-state index contributed by atoms with van der Waals surface area (Å²) in [6.07, 6.45) is 5.26. The van der Waals surface area contributed by atoms with Gasteiger partial charge in [0.15, 0.2) is 11.5 Å². The number of hydrogen-bond donors (Lipinski definition) is 0. The molecule has 0 bridgehead atoms. The second-order valence-corrected chi connectivity index (χ2v) is 7.17. The van der Waals surface area contributed by atoms with Crippen LogP contribution in [0.25, 0.3) is 0 Å². The molecule has 3 rings (SSSR count). The molecule has 1 aromatic rings. The number of hydrogen-bond acceptors (Lipinski definition) is 5. The second-order valence-electron chi connectivity index (χ2n) is 7.17. The third-order valence-electron chi connectivity index (χ3n) is 5.82. The lowest BCUT2D eigenvalue weighted by Gasteiger charge is -2.42. The lowest BCUT2D eigenvalue weighted by Crippen LogP contribution is -2.46. The van der Waals surface area contributed by atoms with E-state index in [2.05, 4.69) is 36.2 Å². The molecule has 0 unspecified atom stereocenters. The van der Waals surface area contributed by atoms with Gasteiger partial charge in [0, 0.05) is 17.9 Å². The molecule has 1 saturated heterocycles. The Kier molecular flexibility index (Phi) is 5.52. The first-order chi connectivity index (χ1) is 12.1. The molecule has 0 spiro atoms. The number of benzene rings is 1. The smallest absolute Gasteiger partial charge is 0.161 e. The quantitative estimate of drug-likeness (QED) is 0.583. The minimum Gasteiger partial charge on any atom is -0.493 e. The number of ether oxygens (including phenoxy) is 2. The Morgan fingerprint density at radius 3 is 2.72 bits per heavy atom. The van der Waals surface area contributed by atoms with Crippen LogP contribution >= 0.6 is 0 Å². The van der Waals surface area contributed by atoms with Crippen molar-refractivity contribution in [3.05, 3.63) is 23.8 Å². The van der Waals surface area contributed by atoms with Crippen molar-refractivity contribution in [1.29, 1.82) is 0 Å². The van der Waals surface area contributed by atoms with Gasteiger partial charge in [-0.3, -0.25) is 0 Å². The van der Waals surface area contributed by atoms with Crippen molar-refractivity contribution in [1.82, 2.24) is 4.90 Å². The summed E-state index contributed by atoms with van der Waals surface area (Å²) in [5.74, 6) is 1.60. The summed E-state index contributed by atoms with van der Waals surface area (Å²) >= 11 is 0. The summed E-state index contributed by atoms with van der Waals surface area (Å²) in [6.45, 7) is 3.92. The van der Waals surface area contributed by atoms with Crippen molar-refractivity contribution in [3.63, 3.8) is 0 Å². The molecule has 2 aliphatic rings. The van der Waals surface area contributed by atoms with Crippen LogP contribution < -0.4 is 9.47 Å². The third kappa shape index (κ3) is 3.34. The summed E-state index contributed by atoms with van der Waals surface area (Å²) in [6, 6.07) is 6.87. The fourth-order valence-corrected chi connectivity index (χ4v) is 4.39. The molecule has 0 amide bonds. The highest BCUT2D eigenvalue weighted by molar-refractivity contribution is 5.86. The van der Waals surface area contributed by atoms with Crippen molar-refractivity contribution in [2.45, 2.75) is 50.5 Å². The average Bonchev–Trinajstić information content (AvgIpc) is 2.99. The number of rotatable bonds is 6. The summed E-state index contributed by atoms with van der Waals surface area (Å²) < 4.78 is 11.0. The van der Waals surface area contributed by atoms with Gasteiger partial charge in [-0.2, -0.15) is 0 Å². The van der Waals surface area contributed by atoms with E-state index in [1.165, 1.54) is 17.7 Å². The highest BCUT2D eigenvalue weighted by Crippen LogP contribution is 2.49. The van der Waals surface area contributed by atoms with Crippen molar-refractivity contribution in [2.24, 2.45) is 5.16 Å². The molecule has 0 aromatic heterocycles. The molecular weight excluding hydrogens is 316 g/mol. The Bertz CT molecular complexity index is 631. The zero-order chi connectivity index (χ0) is 17.9. The number of oxime groups is 1. The molecular formula is C20H30N2O3. The number of methoxy groups -OCH3 is 2. The maximum absolute atomic E-state index is 5.54. The second kappa shape index (κ2) is 7.65. The lowest BCUT2D eigenvalue weighted by atomic mass is 9.65. The van der Waals surface area contributed by atoms with E-state index in [1.807, 2.05) is 6.07 Å². The molecule has 25 heavy (non-hydrogen) atoms. The number of likely N-dealkylation sites (N-methyl/N-ethyl adjacent to an activating group) is 1. The highest BCUT2D eigenvalue weighted by atomic mass is 16.6. The van der Waals surface area contributed by atoms with Crippen LogP contribution in [0.5, 0.6) is 11.5 Å². The Labute approximate surface area is 150 Å². The van der Waals surface area contributed by atoms with Crippen LogP contribution in [0, 0.1) is 0 Å². The fraction of sp³-hybridized carbons (Fsp3) is 0.650. The van der Waals surface area contributed by atoms with Crippen LogP contribution in [0.3, 0.4) is 0 Å². The normalized spacial score (nSPS) is 28.0. The highest BCUT2D eigenvalue weighted by Gasteiger charge is 2.50. The van der Waals surface area contributed by atoms with Crippen LogP contribution in [0.1, 0.15) is 44.6 Å². The minimum atomic E-state index is 0.165. The fourth-order valence-electron chi connectivity index (χ4n) is 4.39. The molecule has 1 aliphatic carbocycles. The largest absolute Gasteiger partial charge is 0.493 e. The van der Waals surface area contributed by atoms with Gasteiger partial charge >= 0.3 is 0 Å². The monoisotopic (exact) mass is 346 g/mol. The van der Waals surface area contributed by atoms with Crippen LogP contribution in [0.2, 0.25) is 0 Å². The predicted octanol–water partition coefficient (Wildman–Crippen LogP) is 3.61. The minimum absolute atomic E-state index is 0.165. The Morgan fingerprint density at radius 1 is 1.20 bits per heavy atom. The Hall–Kier alpha value is -1.75. The van der Waals surface area contributed by atoms with Crippen molar-refractivity contribution in [2.75, 3.05) is 34.4 Å². The molecule has 138 valence electrons. The SMILES string of the molecule is CCCON=C1CC[C@@]2(c3ccc(OC)c(OC)c3)CCN(C)[C@H]2C1. The van der Waals surface area contributed by atoms with E-state index in [-0.39, 0.29) is 5.41 Å². The van der Waals surface area contributed by atoms with Gasteiger partial charge in [-0.15, -0.1) is 0 Å². The molecule has 5 heteroatoms. The van der Waals surface area contributed by atoms with E-state index >= 15 is 0 Å². The molecule has 5 nitrogen and oxygen atoms in total. The molecule has 1 saturated carbocycles. The van der Waals surface area contributed by atoms with E-state index in [0.717, 1.165) is 43.7 Å².